The standard InChI is InChI=1S/C14H13ClN2O4/c1-8(18)20-4-5-21-13-7-12-9(6-10(13)14(16)19)11(15)2-3-17-12/h2-3,6-7H,4-5H2,1H3,(H2,16,19). The van der Waals surface area contributed by atoms with Gasteiger partial charge in [0, 0.05) is 24.6 Å². The van der Waals surface area contributed by atoms with Gasteiger partial charge in [-0.25, -0.2) is 0 Å². The van der Waals surface area contributed by atoms with Gasteiger partial charge in [-0.1, -0.05) is 11.6 Å². The maximum Gasteiger partial charge on any atom is 0.302 e. The van der Waals surface area contributed by atoms with E-state index in [0.29, 0.717) is 15.9 Å². The van der Waals surface area contributed by atoms with Crippen molar-refractivity contribution >= 4 is 34.4 Å². The first-order chi connectivity index (χ1) is 9.99. The monoisotopic (exact) mass is 308 g/mol. The number of esters is 1. The third kappa shape index (κ3) is 3.61. The average molecular weight is 309 g/mol. The number of fused-ring (bicyclic) bond motifs is 1. The molecular weight excluding hydrogens is 296 g/mol. The molecule has 0 aliphatic rings. The average Bonchev–Trinajstić information content (AvgIpc) is 2.43. The lowest BCUT2D eigenvalue weighted by atomic mass is 10.1. The van der Waals surface area contributed by atoms with Crippen LogP contribution in [-0.4, -0.2) is 30.1 Å². The fourth-order valence-electron chi connectivity index (χ4n) is 1.79. The van der Waals surface area contributed by atoms with E-state index in [9.17, 15) is 9.59 Å². The summed E-state index contributed by atoms with van der Waals surface area (Å²) in [5.41, 5.74) is 6.11. The highest BCUT2D eigenvalue weighted by Crippen LogP contribution is 2.29. The second-order valence-electron chi connectivity index (χ2n) is 4.21. The minimum atomic E-state index is -0.640. The first kappa shape index (κ1) is 15.1. The highest BCUT2D eigenvalue weighted by Gasteiger charge is 2.13. The minimum absolute atomic E-state index is 0.0779. The van der Waals surface area contributed by atoms with E-state index in [2.05, 4.69) is 4.98 Å². The van der Waals surface area contributed by atoms with Gasteiger partial charge in [-0.2, -0.15) is 0 Å². The number of hydrogen-bond donors (Lipinski definition) is 1. The molecule has 0 saturated heterocycles. The van der Waals surface area contributed by atoms with E-state index in [1.54, 1.807) is 18.3 Å². The number of benzene rings is 1. The second kappa shape index (κ2) is 6.41. The summed E-state index contributed by atoms with van der Waals surface area (Å²) in [5.74, 6) is -0.767. The number of rotatable bonds is 5. The van der Waals surface area contributed by atoms with E-state index in [1.165, 1.54) is 13.0 Å². The number of primary amides is 1. The van der Waals surface area contributed by atoms with Crippen LogP contribution >= 0.6 is 11.6 Å². The van der Waals surface area contributed by atoms with Crippen LogP contribution in [0.4, 0.5) is 0 Å². The van der Waals surface area contributed by atoms with Crippen LogP contribution in [0.2, 0.25) is 5.02 Å². The highest BCUT2D eigenvalue weighted by atomic mass is 35.5. The zero-order valence-electron chi connectivity index (χ0n) is 11.3. The minimum Gasteiger partial charge on any atom is -0.489 e. The van der Waals surface area contributed by atoms with Crippen molar-refractivity contribution in [2.24, 2.45) is 5.73 Å². The van der Waals surface area contributed by atoms with Gasteiger partial charge in [0.1, 0.15) is 19.0 Å². The molecule has 1 heterocycles. The van der Waals surface area contributed by atoms with E-state index in [1.807, 2.05) is 0 Å². The molecule has 0 saturated carbocycles. The maximum atomic E-state index is 11.5. The number of hydrogen-bond acceptors (Lipinski definition) is 5. The molecule has 0 spiro atoms. The molecule has 21 heavy (non-hydrogen) atoms. The molecule has 0 aliphatic heterocycles. The summed E-state index contributed by atoms with van der Waals surface area (Å²) in [7, 11) is 0. The molecule has 110 valence electrons. The maximum absolute atomic E-state index is 11.5. The van der Waals surface area contributed by atoms with Crippen molar-refractivity contribution < 1.29 is 19.1 Å². The third-order valence-corrected chi connectivity index (χ3v) is 3.03. The lowest BCUT2D eigenvalue weighted by molar-refractivity contribution is -0.141. The Morgan fingerprint density at radius 2 is 2.10 bits per heavy atom. The van der Waals surface area contributed by atoms with Crippen LogP contribution in [-0.2, 0) is 9.53 Å². The van der Waals surface area contributed by atoms with Gasteiger partial charge in [-0.15, -0.1) is 0 Å². The van der Waals surface area contributed by atoms with Gasteiger partial charge in [0.2, 0.25) is 0 Å². The van der Waals surface area contributed by atoms with Gasteiger partial charge in [-0.05, 0) is 12.1 Å². The molecular formula is C14H13ClN2O4. The molecule has 2 aromatic rings. The third-order valence-electron chi connectivity index (χ3n) is 2.70. The van der Waals surface area contributed by atoms with Crippen molar-refractivity contribution in [1.82, 2.24) is 4.98 Å². The Balaban J connectivity index is 2.30. The number of aromatic nitrogens is 1. The van der Waals surface area contributed by atoms with E-state index in [0.717, 1.165) is 0 Å². The second-order valence-corrected chi connectivity index (χ2v) is 4.62. The summed E-state index contributed by atoms with van der Waals surface area (Å²) in [6, 6.07) is 4.74. The van der Waals surface area contributed by atoms with E-state index in [4.69, 9.17) is 26.8 Å². The number of carbonyl (C=O) groups excluding carboxylic acids is 2. The summed E-state index contributed by atoms with van der Waals surface area (Å²) in [4.78, 5) is 26.3. The fraction of sp³-hybridized carbons (Fsp3) is 0.214. The van der Waals surface area contributed by atoms with Gasteiger partial charge in [0.15, 0.2) is 0 Å². The van der Waals surface area contributed by atoms with E-state index in [-0.39, 0.29) is 24.5 Å². The number of amides is 1. The number of nitrogens with two attached hydrogens (primary N) is 1. The van der Waals surface area contributed by atoms with Crippen LogP contribution < -0.4 is 10.5 Å². The largest absolute Gasteiger partial charge is 0.489 e. The highest BCUT2D eigenvalue weighted by molar-refractivity contribution is 6.35. The molecule has 0 unspecified atom stereocenters. The van der Waals surface area contributed by atoms with Crippen molar-refractivity contribution in [2.45, 2.75) is 6.92 Å². The quantitative estimate of drug-likeness (QED) is 0.673. The van der Waals surface area contributed by atoms with E-state index >= 15 is 0 Å². The molecule has 1 amide bonds. The number of carbonyl (C=O) groups is 2. The Morgan fingerprint density at radius 3 is 2.76 bits per heavy atom. The number of pyridine rings is 1. The van der Waals surface area contributed by atoms with E-state index < -0.39 is 11.9 Å². The molecule has 0 fully saturated rings. The summed E-state index contributed by atoms with van der Waals surface area (Å²) < 4.78 is 10.2. The number of nitrogens with zero attached hydrogens (tertiary/aromatic N) is 1. The van der Waals surface area contributed by atoms with Gasteiger partial charge in [-0.3, -0.25) is 14.6 Å². The molecule has 1 aromatic carbocycles. The summed E-state index contributed by atoms with van der Waals surface area (Å²) in [5, 5.41) is 1.08. The Hall–Kier alpha value is -2.34. The molecule has 0 bridgehead atoms. The number of ether oxygens (including phenoxy) is 2. The Bertz CT molecular complexity index is 703. The summed E-state index contributed by atoms with van der Waals surface area (Å²) in [6.07, 6.45) is 1.55. The van der Waals surface area contributed by atoms with Gasteiger partial charge >= 0.3 is 5.97 Å². The van der Waals surface area contributed by atoms with Crippen molar-refractivity contribution in [1.29, 1.82) is 0 Å². The van der Waals surface area contributed by atoms with Crippen LogP contribution in [0.25, 0.3) is 10.9 Å². The predicted molar refractivity (Wildman–Crippen MR) is 77.4 cm³/mol. The molecule has 0 atom stereocenters. The first-order valence-corrected chi connectivity index (χ1v) is 6.51. The SMILES string of the molecule is CC(=O)OCCOc1cc2nccc(Cl)c2cc1C(N)=O. The molecule has 0 radical (unpaired) electrons. The van der Waals surface area contributed by atoms with Gasteiger partial charge < -0.3 is 15.2 Å². The van der Waals surface area contributed by atoms with Crippen LogP contribution in [0.5, 0.6) is 5.75 Å². The molecule has 7 heteroatoms. The van der Waals surface area contributed by atoms with Crippen molar-refractivity contribution in [2.75, 3.05) is 13.2 Å². The normalized spacial score (nSPS) is 10.4. The lowest BCUT2D eigenvalue weighted by Gasteiger charge is -2.11. The molecule has 1 aromatic heterocycles. The van der Waals surface area contributed by atoms with Gasteiger partial charge in [0.05, 0.1) is 16.1 Å². The molecule has 6 nitrogen and oxygen atoms in total. The summed E-state index contributed by atoms with van der Waals surface area (Å²) >= 11 is 6.06. The number of halogens is 1. The Kier molecular flexibility index (Phi) is 4.59. The zero-order chi connectivity index (χ0) is 15.4. The Morgan fingerprint density at radius 1 is 1.33 bits per heavy atom. The lowest BCUT2D eigenvalue weighted by Crippen LogP contribution is -2.15. The van der Waals surface area contributed by atoms with Crippen molar-refractivity contribution in [3.05, 3.63) is 35.0 Å². The molecule has 0 aliphatic carbocycles. The van der Waals surface area contributed by atoms with Crippen molar-refractivity contribution in [3.8, 4) is 5.75 Å². The van der Waals surface area contributed by atoms with Crippen LogP contribution in [0.15, 0.2) is 24.4 Å². The predicted octanol–water partition coefficient (Wildman–Crippen LogP) is 1.93. The topological polar surface area (TPSA) is 91.5 Å². The first-order valence-electron chi connectivity index (χ1n) is 6.13. The zero-order valence-corrected chi connectivity index (χ0v) is 12.0. The van der Waals surface area contributed by atoms with Crippen LogP contribution in [0.1, 0.15) is 17.3 Å². The summed E-state index contributed by atoms with van der Waals surface area (Å²) in [6.45, 7) is 1.48. The smallest absolute Gasteiger partial charge is 0.302 e. The van der Waals surface area contributed by atoms with Crippen LogP contribution in [0, 0.1) is 0 Å². The molecule has 2 rings (SSSR count). The van der Waals surface area contributed by atoms with Crippen molar-refractivity contribution in [3.63, 3.8) is 0 Å². The fourth-order valence-corrected chi connectivity index (χ4v) is 2.00. The van der Waals surface area contributed by atoms with Gasteiger partial charge in [0.25, 0.3) is 5.91 Å². The van der Waals surface area contributed by atoms with Crippen LogP contribution in [0.3, 0.4) is 0 Å². The Labute approximate surface area is 125 Å². The molecule has 2 N–H and O–H groups in total.